The Labute approximate surface area is 208 Å². The fourth-order valence-corrected chi connectivity index (χ4v) is 4.60. The summed E-state index contributed by atoms with van der Waals surface area (Å²) in [5, 5.41) is 4.25. The molecule has 2 aliphatic rings. The number of amides is 1. The molecule has 1 atom stereocenters. The lowest BCUT2D eigenvalue weighted by Crippen LogP contribution is -2.41. The Kier molecular flexibility index (Phi) is 7.01. The molecule has 1 fully saturated rings. The topological polar surface area (TPSA) is 129 Å². The summed E-state index contributed by atoms with van der Waals surface area (Å²) in [4.78, 5) is 28.2. The zero-order valence-electron chi connectivity index (χ0n) is 20.6. The average molecular weight is 494 g/mol. The van der Waals surface area contributed by atoms with E-state index in [1.807, 2.05) is 16.7 Å². The summed E-state index contributed by atoms with van der Waals surface area (Å²) in [5.41, 5.74) is 6.85. The maximum absolute atomic E-state index is 12.8. The molecule has 11 heteroatoms. The van der Waals surface area contributed by atoms with E-state index in [0.29, 0.717) is 53.7 Å². The van der Waals surface area contributed by atoms with E-state index in [2.05, 4.69) is 27.1 Å². The molecule has 0 aliphatic carbocycles. The van der Waals surface area contributed by atoms with Gasteiger partial charge < -0.3 is 25.3 Å². The molecular formula is C25H31N7O4. The van der Waals surface area contributed by atoms with Crippen LogP contribution in [0.2, 0.25) is 0 Å². The van der Waals surface area contributed by atoms with Crippen molar-refractivity contribution in [2.45, 2.75) is 26.0 Å². The van der Waals surface area contributed by atoms with Crippen LogP contribution in [0.3, 0.4) is 0 Å². The highest BCUT2D eigenvalue weighted by atomic mass is 16.5. The number of hydrogen-bond donors (Lipinski definition) is 2. The minimum absolute atomic E-state index is 0.266. The molecule has 5 rings (SSSR count). The Morgan fingerprint density at radius 1 is 1.31 bits per heavy atom. The van der Waals surface area contributed by atoms with Gasteiger partial charge in [-0.3, -0.25) is 14.3 Å². The number of carbonyl (C=O) groups excluding carboxylic acids is 1. The van der Waals surface area contributed by atoms with Gasteiger partial charge in [0, 0.05) is 44.3 Å². The molecule has 0 spiro atoms. The highest BCUT2D eigenvalue weighted by molar-refractivity contribution is 5.96. The largest absolute Gasteiger partial charge is 0.491 e. The van der Waals surface area contributed by atoms with Crippen molar-refractivity contribution in [1.82, 2.24) is 19.4 Å². The fourth-order valence-electron chi connectivity index (χ4n) is 4.60. The van der Waals surface area contributed by atoms with Crippen molar-refractivity contribution >= 4 is 28.4 Å². The van der Waals surface area contributed by atoms with Crippen LogP contribution in [0.1, 0.15) is 23.7 Å². The lowest BCUT2D eigenvalue weighted by molar-refractivity contribution is -0.0193. The molecule has 11 nitrogen and oxygen atoms in total. The number of nitrogens with one attached hydrogen (secondary N) is 1. The minimum Gasteiger partial charge on any atom is -0.491 e. The van der Waals surface area contributed by atoms with E-state index in [1.165, 1.54) is 6.20 Å². The molecule has 1 amide bonds. The molecule has 1 unspecified atom stereocenters. The lowest BCUT2D eigenvalue weighted by Gasteiger charge is -2.30. The van der Waals surface area contributed by atoms with Gasteiger partial charge in [0.25, 0.3) is 5.91 Å². The second kappa shape index (κ2) is 10.5. The number of aromatic nitrogens is 3. The molecule has 3 aromatic rings. The summed E-state index contributed by atoms with van der Waals surface area (Å²) in [7, 11) is 1.59. The first-order chi connectivity index (χ1) is 17.5. The van der Waals surface area contributed by atoms with E-state index in [-0.39, 0.29) is 6.10 Å². The zero-order chi connectivity index (χ0) is 25.1. The van der Waals surface area contributed by atoms with Crippen molar-refractivity contribution in [3.63, 3.8) is 0 Å². The van der Waals surface area contributed by atoms with Crippen LogP contribution in [0.5, 0.6) is 11.5 Å². The van der Waals surface area contributed by atoms with Gasteiger partial charge in [-0.05, 0) is 37.6 Å². The predicted molar refractivity (Wildman–Crippen MR) is 135 cm³/mol. The summed E-state index contributed by atoms with van der Waals surface area (Å²) < 4.78 is 19.3. The van der Waals surface area contributed by atoms with Crippen molar-refractivity contribution in [2.24, 2.45) is 4.99 Å². The number of morpholine rings is 1. The number of nitrogens with two attached hydrogens (primary N) is 1. The van der Waals surface area contributed by atoms with Crippen LogP contribution in [0.25, 0.3) is 10.9 Å². The van der Waals surface area contributed by atoms with Crippen LogP contribution in [0, 0.1) is 0 Å². The van der Waals surface area contributed by atoms with Crippen molar-refractivity contribution in [1.29, 1.82) is 0 Å². The minimum atomic E-state index is -0.445. The molecular weight excluding hydrogens is 462 g/mol. The smallest absolute Gasteiger partial charge is 0.281 e. The van der Waals surface area contributed by atoms with Gasteiger partial charge in [0.2, 0.25) is 5.62 Å². The Morgan fingerprint density at radius 2 is 2.19 bits per heavy atom. The van der Waals surface area contributed by atoms with Crippen LogP contribution in [0.15, 0.2) is 35.5 Å². The Balaban J connectivity index is 1.42. The molecule has 1 saturated heterocycles. The summed E-state index contributed by atoms with van der Waals surface area (Å²) in [6.45, 7) is 7.60. The van der Waals surface area contributed by atoms with Gasteiger partial charge >= 0.3 is 0 Å². The molecule has 3 N–H and O–H groups in total. The summed E-state index contributed by atoms with van der Waals surface area (Å²) in [5.74, 6) is 1.86. The third-order valence-electron chi connectivity index (χ3n) is 6.34. The van der Waals surface area contributed by atoms with E-state index >= 15 is 0 Å². The molecule has 4 heterocycles. The Bertz CT molecular complexity index is 1320. The molecule has 1 aromatic carbocycles. The van der Waals surface area contributed by atoms with Crippen LogP contribution in [-0.2, 0) is 11.3 Å². The quantitative estimate of drug-likeness (QED) is 0.472. The van der Waals surface area contributed by atoms with Crippen LogP contribution < -0.4 is 26.1 Å². The first kappa shape index (κ1) is 24.0. The number of nitrogens with zero attached hydrogens (tertiary/aromatic N) is 5. The third kappa shape index (κ3) is 4.98. The zero-order valence-corrected chi connectivity index (χ0v) is 20.6. The number of ether oxygens (including phenoxy) is 3. The summed E-state index contributed by atoms with van der Waals surface area (Å²) in [6, 6.07) is 7.04. The molecule has 0 radical (unpaired) electrons. The van der Waals surface area contributed by atoms with E-state index in [0.717, 1.165) is 43.9 Å². The number of nitrogen functional groups attached to an aromatic ring is 1. The van der Waals surface area contributed by atoms with Gasteiger partial charge in [-0.1, -0.05) is 0 Å². The van der Waals surface area contributed by atoms with E-state index in [4.69, 9.17) is 24.9 Å². The molecule has 190 valence electrons. The number of pyridine rings is 1. The lowest BCUT2D eigenvalue weighted by atomic mass is 10.2. The normalized spacial score (nSPS) is 18.2. The standard InChI is InChI=1S/C25H31N7O4/c1-16-15-31(11-13-35-16)9-3-12-36-19-6-5-18-21(22(19)34-2)29-25(32-10-8-27-23(18)32)30-24(33)17-4-7-20(26)28-14-17/h4-7,14,16,27H,3,8-13,15H2,1-2H3,(H2,26,28). The first-order valence-corrected chi connectivity index (χ1v) is 12.2. The average Bonchev–Trinajstić information content (AvgIpc) is 3.37. The van der Waals surface area contributed by atoms with Gasteiger partial charge in [-0.2, -0.15) is 4.99 Å². The molecule has 2 aromatic heterocycles. The third-order valence-corrected chi connectivity index (χ3v) is 6.34. The summed E-state index contributed by atoms with van der Waals surface area (Å²) in [6.07, 6.45) is 2.56. The highest BCUT2D eigenvalue weighted by Gasteiger charge is 2.21. The monoisotopic (exact) mass is 493 g/mol. The fraction of sp³-hybridized carbons (Fsp3) is 0.440. The summed E-state index contributed by atoms with van der Waals surface area (Å²) >= 11 is 0. The number of benzene rings is 1. The van der Waals surface area contributed by atoms with Crippen LogP contribution >= 0.6 is 0 Å². The second-order valence-corrected chi connectivity index (χ2v) is 8.90. The highest BCUT2D eigenvalue weighted by Crippen LogP contribution is 2.37. The van der Waals surface area contributed by atoms with E-state index < -0.39 is 5.91 Å². The molecule has 2 aliphatic heterocycles. The number of hydrogen-bond acceptors (Lipinski definition) is 9. The molecule has 0 saturated carbocycles. The Morgan fingerprint density at radius 3 is 2.97 bits per heavy atom. The van der Waals surface area contributed by atoms with Crippen LogP contribution in [0.4, 0.5) is 11.6 Å². The van der Waals surface area contributed by atoms with Gasteiger partial charge in [0.05, 0.1) is 32.0 Å². The van der Waals surface area contributed by atoms with Gasteiger partial charge in [-0.25, -0.2) is 9.97 Å². The van der Waals surface area contributed by atoms with E-state index in [1.54, 1.807) is 19.2 Å². The van der Waals surface area contributed by atoms with Gasteiger partial charge in [0.1, 0.15) is 17.2 Å². The molecule has 36 heavy (non-hydrogen) atoms. The van der Waals surface area contributed by atoms with Gasteiger partial charge in [0.15, 0.2) is 11.5 Å². The SMILES string of the molecule is COc1c(OCCCN2CCOC(C)C2)ccc2c3n(c(=NC(=O)c4ccc(N)nc4)nc12)CCN3. The number of carbonyl (C=O) groups is 1. The van der Waals surface area contributed by atoms with Gasteiger partial charge in [-0.15, -0.1) is 0 Å². The maximum Gasteiger partial charge on any atom is 0.281 e. The maximum atomic E-state index is 12.8. The Hall–Kier alpha value is -3.70. The number of rotatable bonds is 7. The van der Waals surface area contributed by atoms with E-state index in [9.17, 15) is 4.79 Å². The van der Waals surface area contributed by atoms with Crippen molar-refractivity contribution < 1.29 is 19.0 Å². The second-order valence-electron chi connectivity index (χ2n) is 8.90. The number of anilines is 2. The van der Waals surface area contributed by atoms with Crippen molar-refractivity contribution in [3.05, 3.63) is 41.6 Å². The number of fused-ring (bicyclic) bond motifs is 3. The first-order valence-electron chi connectivity index (χ1n) is 12.2. The van der Waals surface area contributed by atoms with Crippen molar-refractivity contribution in [3.8, 4) is 11.5 Å². The number of methoxy groups -OCH3 is 1. The predicted octanol–water partition coefficient (Wildman–Crippen LogP) is 1.68. The molecule has 0 bridgehead atoms. The van der Waals surface area contributed by atoms with Crippen LogP contribution in [-0.4, -0.2) is 77.9 Å². The van der Waals surface area contributed by atoms with Crippen molar-refractivity contribution in [2.75, 3.05) is 57.6 Å².